The van der Waals surface area contributed by atoms with Crippen molar-refractivity contribution in [1.29, 1.82) is 0 Å². The van der Waals surface area contributed by atoms with Gasteiger partial charge in [0.1, 0.15) is 0 Å². The van der Waals surface area contributed by atoms with Crippen LogP contribution in [0.25, 0.3) is 0 Å². The van der Waals surface area contributed by atoms with E-state index in [9.17, 15) is 4.79 Å². The predicted octanol–water partition coefficient (Wildman–Crippen LogP) is 3.47. The minimum Gasteiger partial charge on any atom is -0.481 e. The van der Waals surface area contributed by atoms with Crippen LogP contribution in [-0.4, -0.2) is 24.3 Å². The first-order valence-corrected chi connectivity index (χ1v) is 6.49. The minimum atomic E-state index is -0.670. The van der Waals surface area contributed by atoms with Crippen LogP contribution in [0, 0.1) is 5.92 Å². The fourth-order valence-corrected chi connectivity index (χ4v) is 1.63. The van der Waals surface area contributed by atoms with E-state index >= 15 is 0 Å². The summed E-state index contributed by atoms with van der Waals surface area (Å²) in [6.07, 6.45) is 7.86. The number of aliphatic carboxylic acids is 1. The first kappa shape index (κ1) is 15.4. The van der Waals surface area contributed by atoms with Gasteiger partial charge in [0.05, 0.1) is 5.92 Å². The molecule has 0 amide bonds. The van der Waals surface area contributed by atoms with E-state index in [1.807, 2.05) is 6.92 Å². The summed E-state index contributed by atoms with van der Waals surface area (Å²) in [5, 5.41) is 8.69. The standard InChI is InChI=1S/C13H26O3/c1-3-16-11-9-7-5-4-6-8-10-12(2)13(14)15/h12H,3-11H2,1-2H3,(H,14,15). The molecular formula is C13H26O3. The van der Waals surface area contributed by atoms with Crippen LogP contribution in [0.1, 0.15) is 58.8 Å². The van der Waals surface area contributed by atoms with Crippen LogP contribution in [0.4, 0.5) is 0 Å². The van der Waals surface area contributed by atoms with Gasteiger partial charge in [-0.25, -0.2) is 0 Å². The van der Waals surface area contributed by atoms with Gasteiger partial charge < -0.3 is 9.84 Å². The van der Waals surface area contributed by atoms with Crippen LogP contribution < -0.4 is 0 Å². The minimum absolute atomic E-state index is 0.182. The number of hydrogen-bond donors (Lipinski definition) is 1. The lowest BCUT2D eigenvalue weighted by Gasteiger charge is -2.05. The molecule has 1 atom stereocenters. The molecule has 0 aromatic heterocycles. The maximum absolute atomic E-state index is 10.6. The van der Waals surface area contributed by atoms with Crippen molar-refractivity contribution >= 4 is 5.97 Å². The van der Waals surface area contributed by atoms with Gasteiger partial charge in [-0.1, -0.05) is 39.0 Å². The van der Waals surface area contributed by atoms with Crippen LogP contribution in [0.15, 0.2) is 0 Å². The third-order valence-electron chi connectivity index (χ3n) is 2.80. The Balaban J connectivity index is 3.07. The van der Waals surface area contributed by atoms with Crippen molar-refractivity contribution in [3.05, 3.63) is 0 Å². The van der Waals surface area contributed by atoms with E-state index in [2.05, 4.69) is 0 Å². The number of carbonyl (C=O) groups is 1. The van der Waals surface area contributed by atoms with Gasteiger partial charge in [0.2, 0.25) is 0 Å². The van der Waals surface area contributed by atoms with Gasteiger partial charge in [0, 0.05) is 13.2 Å². The molecule has 0 aliphatic rings. The third-order valence-corrected chi connectivity index (χ3v) is 2.80. The molecule has 1 unspecified atom stereocenters. The molecule has 0 saturated heterocycles. The van der Waals surface area contributed by atoms with Gasteiger partial charge in [-0.3, -0.25) is 4.79 Å². The highest BCUT2D eigenvalue weighted by atomic mass is 16.5. The number of carboxylic acid groups (broad SMARTS) is 1. The highest BCUT2D eigenvalue weighted by Crippen LogP contribution is 2.12. The largest absolute Gasteiger partial charge is 0.481 e. The summed E-state index contributed by atoms with van der Waals surface area (Å²) in [5.41, 5.74) is 0. The molecule has 96 valence electrons. The summed E-state index contributed by atoms with van der Waals surface area (Å²) in [6, 6.07) is 0. The Kier molecular flexibility index (Phi) is 10.5. The quantitative estimate of drug-likeness (QED) is 0.553. The Hall–Kier alpha value is -0.570. The zero-order valence-corrected chi connectivity index (χ0v) is 10.7. The van der Waals surface area contributed by atoms with Gasteiger partial charge in [-0.2, -0.15) is 0 Å². The lowest BCUT2D eigenvalue weighted by molar-refractivity contribution is -0.141. The van der Waals surface area contributed by atoms with Crippen molar-refractivity contribution in [2.45, 2.75) is 58.8 Å². The second kappa shape index (κ2) is 10.9. The molecule has 0 spiro atoms. The molecule has 0 aliphatic carbocycles. The lowest BCUT2D eigenvalue weighted by Crippen LogP contribution is -2.08. The second-order valence-corrected chi connectivity index (χ2v) is 4.35. The first-order valence-electron chi connectivity index (χ1n) is 6.49. The van der Waals surface area contributed by atoms with Crippen molar-refractivity contribution in [3.63, 3.8) is 0 Å². The zero-order valence-electron chi connectivity index (χ0n) is 10.7. The van der Waals surface area contributed by atoms with E-state index in [4.69, 9.17) is 9.84 Å². The number of hydrogen-bond acceptors (Lipinski definition) is 2. The molecule has 1 N–H and O–H groups in total. The second-order valence-electron chi connectivity index (χ2n) is 4.35. The summed E-state index contributed by atoms with van der Waals surface area (Å²) in [5.74, 6) is -0.852. The molecule has 0 heterocycles. The molecule has 0 aromatic carbocycles. The smallest absolute Gasteiger partial charge is 0.306 e. The van der Waals surface area contributed by atoms with Crippen molar-refractivity contribution in [2.24, 2.45) is 5.92 Å². The predicted molar refractivity (Wildman–Crippen MR) is 65.6 cm³/mol. The highest BCUT2D eigenvalue weighted by molar-refractivity contribution is 5.69. The van der Waals surface area contributed by atoms with Crippen molar-refractivity contribution < 1.29 is 14.6 Å². The fourth-order valence-electron chi connectivity index (χ4n) is 1.63. The Morgan fingerprint density at radius 3 is 2.25 bits per heavy atom. The van der Waals surface area contributed by atoms with Gasteiger partial charge in [0.25, 0.3) is 0 Å². The molecular weight excluding hydrogens is 204 g/mol. The summed E-state index contributed by atoms with van der Waals surface area (Å²) in [4.78, 5) is 10.6. The number of rotatable bonds is 11. The topological polar surface area (TPSA) is 46.5 Å². The maximum atomic E-state index is 10.6. The summed E-state index contributed by atoms with van der Waals surface area (Å²) in [6.45, 7) is 5.49. The fraction of sp³-hybridized carbons (Fsp3) is 0.923. The Labute approximate surface area is 99.2 Å². The van der Waals surface area contributed by atoms with E-state index in [-0.39, 0.29) is 5.92 Å². The zero-order chi connectivity index (χ0) is 12.2. The molecule has 0 aromatic rings. The summed E-state index contributed by atoms with van der Waals surface area (Å²) in [7, 11) is 0. The average Bonchev–Trinajstić information content (AvgIpc) is 2.26. The van der Waals surface area contributed by atoms with Gasteiger partial charge in [0.15, 0.2) is 0 Å². The van der Waals surface area contributed by atoms with Crippen molar-refractivity contribution in [3.8, 4) is 0 Å². The van der Waals surface area contributed by atoms with Crippen LogP contribution in [0.3, 0.4) is 0 Å². The average molecular weight is 230 g/mol. The van der Waals surface area contributed by atoms with Gasteiger partial charge in [-0.15, -0.1) is 0 Å². The Morgan fingerprint density at radius 2 is 1.69 bits per heavy atom. The summed E-state index contributed by atoms with van der Waals surface area (Å²) >= 11 is 0. The molecule has 16 heavy (non-hydrogen) atoms. The lowest BCUT2D eigenvalue weighted by atomic mass is 10.0. The van der Waals surface area contributed by atoms with Crippen LogP contribution >= 0.6 is 0 Å². The molecule has 3 heteroatoms. The van der Waals surface area contributed by atoms with E-state index < -0.39 is 5.97 Å². The van der Waals surface area contributed by atoms with E-state index in [0.717, 1.165) is 38.9 Å². The van der Waals surface area contributed by atoms with Crippen LogP contribution in [0.2, 0.25) is 0 Å². The molecule has 3 nitrogen and oxygen atoms in total. The number of unbranched alkanes of at least 4 members (excludes halogenated alkanes) is 5. The Morgan fingerprint density at radius 1 is 1.12 bits per heavy atom. The molecule has 0 bridgehead atoms. The first-order chi connectivity index (χ1) is 7.68. The normalized spacial score (nSPS) is 12.6. The summed E-state index contributed by atoms with van der Waals surface area (Å²) < 4.78 is 5.25. The SMILES string of the molecule is CCOCCCCCCCCC(C)C(=O)O. The van der Waals surface area contributed by atoms with E-state index in [1.54, 1.807) is 6.92 Å². The van der Waals surface area contributed by atoms with Gasteiger partial charge in [-0.05, 0) is 19.8 Å². The molecule has 0 aliphatic heterocycles. The number of carboxylic acids is 1. The number of ether oxygens (including phenoxy) is 1. The van der Waals surface area contributed by atoms with Gasteiger partial charge >= 0.3 is 5.97 Å². The molecule has 0 rings (SSSR count). The van der Waals surface area contributed by atoms with E-state index in [1.165, 1.54) is 19.3 Å². The molecule has 0 radical (unpaired) electrons. The molecule has 0 fully saturated rings. The Bertz CT molecular complexity index is 169. The van der Waals surface area contributed by atoms with Crippen molar-refractivity contribution in [1.82, 2.24) is 0 Å². The highest BCUT2D eigenvalue weighted by Gasteiger charge is 2.09. The van der Waals surface area contributed by atoms with Crippen molar-refractivity contribution in [2.75, 3.05) is 13.2 Å². The van der Waals surface area contributed by atoms with Crippen LogP contribution in [-0.2, 0) is 9.53 Å². The molecule has 0 saturated carbocycles. The monoisotopic (exact) mass is 230 g/mol. The third kappa shape index (κ3) is 9.97. The maximum Gasteiger partial charge on any atom is 0.306 e. The van der Waals surface area contributed by atoms with E-state index in [0.29, 0.717) is 0 Å². The van der Waals surface area contributed by atoms with Crippen LogP contribution in [0.5, 0.6) is 0 Å².